The molecule has 1 aromatic carbocycles. The van der Waals surface area contributed by atoms with Gasteiger partial charge in [0.1, 0.15) is 29.9 Å². The molecule has 4 N–H and O–H groups in total. The van der Waals surface area contributed by atoms with Gasteiger partial charge in [-0.1, -0.05) is 17.3 Å². The van der Waals surface area contributed by atoms with E-state index in [-0.39, 0.29) is 6.61 Å². The molecule has 0 radical (unpaired) electrons. The lowest BCUT2D eigenvalue weighted by Gasteiger charge is -2.35. The summed E-state index contributed by atoms with van der Waals surface area (Å²) in [6.07, 6.45) is -4.23. The summed E-state index contributed by atoms with van der Waals surface area (Å²) in [5.41, 5.74) is 1.95. The van der Waals surface area contributed by atoms with Crippen LogP contribution >= 0.6 is 0 Å². The third kappa shape index (κ3) is 1.68. The number of aromatic amines is 1. The Morgan fingerprint density at radius 1 is 1.22 bits per heavy atom. The molecule has 1 saturated heterocycles. The number of rotatable bonds is 1. The highest BCUT2D eigenvalue weighted by Crippen LogP contribution is 2.32. The predicted octanol–water partition coefficient (Wildman–Crippen LogP) is -0.888. The Balaban J connectivity index is 2.02. The molecule has 18 heavy (non-hydrogen) atoms. The van der Waals surface area contributed by atoms with Crippen molar-refractivity contribution >= 4 is 11.0 Å². The first-order valence-corrected chi connectivity index (χ1v) is 5.64. The lowest BCUT2D eigenvalue weighted by Crippen LogP contribution is -2.49. The highest BCUT2D eigenvalue weighted by Gasteiger charge is 2.39. The van der Waals surface area contributed by atoms with Gasteiger partial charge in [0.15, 0.2) is 0 Å². The third-order valence-electron chi connectivity index (χ3n) is 3.20. The molecule has 3 rings (SSSR count). The molecule has 0 bridgehead atoms. The van der Waals surface area contributed by atoms with Crippen molar-refractivity contribution < 1.29 is 20.1 Å². The molecule has 1 aliphatic heterocycles. The van der Waals surface area contributed by atoms with Crippen molar-refractivity contribution in [1.29, 1.82) is 0 Å². The minimum Gasteiger partial charge on any atom is -0.388 e. The standard InChI is InChI=1S/C11H13N3O4/c15-7-4-18-11(10(17)9(7)16)5-2-1-3-6-8(5)13-14-12-6/h1-3,7,9-11,15-17H,4H2,(H,12,13,14). The molecule has 4 atom stereocenters. The highest BCUT2D eigenvalue weighted by molar-refractivity contribution is 5.77. The van der Waals surface area contributed by atoms with Gasteiger partial charge in [-0.05, 0) is 6.07 Å². The van der Waals surface area contributed by atoms with E-state index in [4.69, 9.17) is 4.74 Å². The van der Waals surface area contributed by atoms with E-state index in [2.05, 4.69) is 15.4 Å². The van der Waals surface area contributed by atoms with Gasteiger partial charge in [0, 0.05) is 5.56 Å². The Morgan fingerprint density at radius 2 is 2.06 bits per heavy atom. The Bertz CT molecular complexity index is 558. The number of aliphatic hydroxyl groups excluding tert-OH is 3. The Hall–Kier alpha value is -1.54. The molecular formula is C11H13N3O4. The third-order valence-corrected chi connectivity index (χ3v) is 3.20. The maximum atomic E-state index is 9.96. The number of H-pyrrole nitrogens is 1. The van der Waals surface area contributed by atoms with Crippen molar-refractivity contribution in [3.8, 4) is 0 Å². The molecule has 0 spiro atoms. The van der Waals surface area contributed by atoms with E-state index in [1.54, 1.807) is 18.2 Å². The van der Waals surface area contributed by atoms with Crippen LogP contribution in [-0.4, -0.2) is 55.6 Å². The first-order chi connectivity index (χ1) is 8.68. The maximum absolute atomic E-state index is 9.96. The molecule has 0 aliphatic carbocycles. The molecule has 1 aliphatic rings. The SMILES string of the molecule is OC1COC(c2cccc3[nH]nnc23)C(O)C1O. The van der Waals surface area contributed by atoms with Crippen molar-refractivity contribution in [3.05, 3.63) is 23.8 Å². The summed E-state index contributed by atoms with van der Waals surface area (Å²) in [4.78, 5) is 0. The van der Waals surface area contributed by atoms with Gasteiger partial charge in [0.2, 0.25) is 0 Å². The molecule has 0 saturated carbocycles. The zero-order valence-electron chi connectivity index (χ0n) is 9.39. The van der Waals surface area contributed by atoms with E-state index < -0.39 is 24.4 Å². The van der Waals surface area contributed by atoms with Crippen LogP contribution in [0.3, 0.4) is 0 Å². The van der Waals surface area contributed by atoms with Crippen molar-refractivity contribution in [2.75, 3.05) is 6.61 Å². The topological polar surface area (TPSA) is 111 Å². The number of fused-ring (bicyclic) bond motifs is 1. The fraction of sp³-hybridized carbons (Fsp3) is 0.455. The van der Waals surface area contributed by atoms with Crippen LogP contribution in [-0.2, 0) is 4.74 Å². The first-order valence-electron chi connectivity index (χ1n) is 5.64. The van der Waals surface area contributed by atoms with Gasteiger partial charge in [0.05, 0.1) is 12.1 Å². The van der Waals surface area contributed by atoms with Crippen LogP contribution in [0.25, 0.3) is 11.0 Å². The minimum atomic E-state index is -1.23. The Morgan fingerprint density at radius 3 is 2.89 bits per heavy atom. The molecule has 2 heterocycles. The largest absolute Gasteiger partial charge is 0.388 e. The van der Waals surface area contributed by atoms with Gasteiger partial charge >= 0.3 is 0 Å². The van der Waals surface area contributed by atoms with E-state index in [9.17, 15) is 15.3 Å². The molecule has 4 unspecified atom stereocenters. The number of hydrogen-bond donors (Lipinski definition) is 4. The van der Waals surface area contributed by atoms with Crippen LogP contribution in [0.1, 0.15) is 11.7 Å². The minimum absolute atomic E-state index is 0.0306. The Labute approximate surface area is 102 Å². The van der Waals surface area contributed by atoms with Crippen molar-refractivity contribution in [2.24, 2.45) is 0 Å². The number of ether oxygens (including phenoxy) is 1. The van der Waals surface area contributed by atoms with Crippen molar-refractivity contribution in [1.82, 2.24) is 15.4 Å². The van der Waals surface area contributed by atoms with Crippen LogP contribution < -0.4 is 0 Å². The van der Waals surface area contributed by atoms with Crippen LogP contribution in [0.2, 0.25) is 0 Å². The average Bonchev–Trinajstić information content (AvgIpc) is 2.84. The fourth-order valence-electron chi connectivity index (χ4n) is 2.20. The Kier molecular flexibility index (Phi) is 2.75. The van der Waals surface area contributed by atoms with Crippen LogP contribution in [0, 0.1) is 0 Å². The monoisotopic (exact) mass is 251 g/mol. The fourth-order valence-corrected chi connectivity index (χ4v) is 2.20. The van der Waals surface area contributed by atoms with Gasteiger partial charge in [-0.15, -0.1) is 5.10 Å². The number of hydrogen-bond acceptors (Lipinski definition) is 6. The second-order valence-electron chi connectivity index (χ2n) is 4.36. The van der Waals surface area contributed by atoms with E-state index in [1.165, 1.54) is 0 Å². The van der Waals surface area contributed by atoms with E-state index >= 15 is 0 Å². The molecule has 0 amide bonds. The second-order valence-corrected chi connectivity index (χ2v) is 4.36. The average molecular weight is 251 g/mol. The molecule has 1 fully saturated rings. The normalized spacial score (nSPS) is 32.8. The van der Waals surface area contributed by atoms with Crippen LogP contribution in [0.4, 0.5) is 0 Å². The maximum Gasteiger partial charge on any atom is 0.118 e. The van der Waals surface area contributed by atoms with Crippen LogP contribution in [0.5, 0.6) is 0 Å². The smallest absolute Gasteiger partial charge is 0.118 e. The summed E-state index contributed by atoms with van der Waals surface area (Å²) in [5, 5.41) is 39.4. The molecule has 2 aromatic rings. The lowest BCUT2D eigenvalue weighted by atomic mass is 9.94. The van der Waals surface area contributed by atoms with Gasteiger partial charge in [-0.3, -0.25) is 5.10 Å². The van der Waals surface area contributed by atoms with Crippen LogP contribution in [0.15, 0.2) is 18.2 Å². The summed E-state index contributed by atoms with van der Waals surface area (Å²) in [5.74, 6) is 0. The molecule has 96 valence electrons. The summed E-state index contributed by atoms with van der Waals surface area (Å²) in [6, 6.07) is 5.34. The van der Waals surface area contributed by atoms with E-state index in [1.807, 2.05) is 0 Å². The number of benzene rings is 1. The van der Waals surface area contributed by atoms with Gasteiger partial charge in [-0.2, -0.15) is 0 Å². The van der Waals surface area contributed by atoms with Gasteiger partial charge in [0.25, 0.3) is 0 Å². The lowest BCUT2D eigenvalue weighted by molar-refractivity contribution is -0.188. The zero-order valence-corrected chi connectivity index (χ0v) is 9.39. The first kappa shape index (κ1) is 11.5. The number of nitrogens with zero attached hydrogens (tertiary/aromatic N) is 2. The quantitative estimate of drug-likeness (QED) is 0.523. The van der Waals surface area contributed by atoms with Crippen molar-refractivity contribution in [3.63, 3.8) is 0 Å². The number of nitrogens with one attached hydrogen (secondary N) is 1. The highest BCUT2D eigenvalue weighted by atomic mass is 16.5. The van der Waals surface area contributed by atoms with Gasteiger partial charge in [-0.25, -0.2) is 0 Å². The molecular weight excluding hydrogens is 238 g/mol. The summed E-state index contributed by atoms with van der Waals surface area (Å²) >= 11 is 0. The van der Waals surface area contributed by atoms with Gasteiger partial charge < -0.3 is 20.1 Å². The van der Waals surface area contributed by atoms with Crippen molar-refractivity contribution in [2.45, 2.75) is 24.4 Å². The summed E-state index contributed by atoms with van der Waals surface area (Å²) in [6.45, 7) is -0.0306. The molecule has 7 nitrogen and oxygen atoms in total. The number of aromatic nitrogens is 3. The zero-order chi connectivity index (χ0) is 12.7. The second kappa shape index (κ2) is 4.29. The number of aliphatic hydroxyl groups is 3. The van der Waals surface area contributed by atoms with E-state index in [0.717, 1.165) is 5.52 Å². The van der Waals surface area contributed by atoms with E-state index in [0.29, 0.717) is 11.1 Å². The summed E-state index contributed by atoms with van der Waals surface area (Å²) in [7, 11) is 0. The predicted molar refractivity (Wildman–Crippen MR) is 60.6 cm³/mol. The summed E-state index contributed by atoms with van der Waals surface area (Å²) < 4.78 is 5.39. The molecule has 7 heteroatoms. The molecule has 1 aromatic heterocycles.